The minimum atomic E-state index is -0.0772. The maximum atomic E-state index is 12.7. The number of benzene rings is 1. The Labute approximate surface area is 171 Å². The fourth-order valence-electron chi connectivity index (χ4n) is 3.49. The number of fused-ring (bicyclic) bond motifs is 1. The first-order chi connectivity index (χ1) is 13.9. The van der Waals surface area contributed by atoms with Gasteiger partial charge < -0.3 is 20.1 Å². The number of carbonyl (C=O) groups excluding carboxylic acids is 3. The summed E-state index contributed by atoms with van der Waals surface area (Å²) in [4.78, 5) is 43.7. The van der Waals surface area contributed by atoms with E-state index < -0.39 is 0 Å². The quantitative estimate of drug-likeness (QED) is 0.751. The van der Waals surface area contributed by atoms with Gasteiger partial charge in [0.2, 0.25) is 11.8 Å². The van der Waals surface area contributed by atoms with Gasteiger partial charge in [-0.25, -0.2) is 0 Å². The summed E-state index contributed by atoms with van der Waals surface area (Å²) in [6.07, 6.45) is 1.36. The molecule has 7 heteroatoms. The highest BCUT2D eigenvalue weighted by molar-refractivity contribution is 5.98. The number of hydrogen-bond acceptors (Lipinski definition) is 3. The van der Waals surface area contributed by atoms with Crippen molar-refractivity contribution in [3.05, 3.63) is 36.0 Å². The molecule has 1 aliphatic rings. The van der Waals surface area contributed by atoms with Gasteiger partial charge in [-0.15, -0.1) is 0 Å². The number of aromatic amines is 1. The highest BCUT2D eigenvalue weighted by Crippen LogP contribution is 2.17. The molecule has 0 spiro atoms. The number of carbonyl (C=O) groups is 3. The van der Waals surface area contributed by atoms with E-state index in [9.17, 15) is 14.4 Å². The molecule has 0 saturated carbocycles. The fraction of sp³-hybridized carbons (Fsp3) is 0.500. The number of nitrogens with one attached hydrogen (secondary N) is 2. The third-order valence-electron chi connectivity index (χ3n) is 5.29. The summed E-state index contributed by atoms with van der Waals surface area (Å²) >= 11 is 0. The normalized spacial score (nSPS) is 14.4. The van der Waals surface area contributed by atoms with Crippen molar-refractivity contribution in [1.29, 1.82) is 0 Å². The standard InChI is InChI=1S/C22H30N4O3/c1-16(2)9-10-23-20(27)7-8-21(28)25-11-13-26(14-12-25)22(29)19-15-17-5-3-4-6-18(17)24-19/h3-6,15-16,24H,7-14H2,1-2H3,(H,23,27). The Balaban J connectivity index is 1.43. The molecular formula is C22H30N4O3. The summed E-state index contributed by atoms with van der Waals surface area (Å²) in [5, 5.41) is 3.87. The molecule has 0 atom stereocenters. The van der Waals surface area contributed by atoms with Crippen molar-refractivity contribution in [2.45, 2.75) is 33.1 Å². The van der Waals surface area contributed by atoms with Crippen LogP contribution in [0.5, 0.6) is 0 Å². The monoisotopic (exact) mass is 398 g/mol. The lowest BCUT2D eigenvalue weighted by Gasteiger charge is -2.34. The first kappa shape index (κ1) is 20.9. The van der Waals surface area contributed by atoms with Crippen molar-refractivity contribution in [3.8, 4) is 0 Å². The molecule has 0 unspecified atom stereocenters. The summed E-state index contributed by atoms with van der Waals surface area (Å²) < 4.78 is 0. The average Bonchev–Trinajstić information content (AvgIpc) is 3.15. The molecule has 1 fully saturated rings. The van der Waals surface area contributed by atoms with E-state index >= 15 is 0 Å². The molecule has 2 N–H and O–H groups in total. The van der Waals surface area contributed by atoms with Gasteiger partial charge in [0.15, 0.2) is 0 Å². The molecule has 0 aliphatic carbocycles. The van der Waals surface area contributed by atoms with Gasteiger partial charge in [0.05, 0.1) is 0 Å². The summed E-state index contributed by atoms with van der Waals surface area (Å²) in [6.45, 7) is 6.87. The van der Waals surface area contributed by atoms with Crippen LogP contribution in [0.4, 0.5) is 0 Å². The lowest BCUT2D eigenvalue weighted by Crippen LogP contribution is -2.50. The number of H-pyrrole nitrogens is 1. The van der Waals surface area contributed by atoms with E-state index in [0.29, 0.717) is 44.3 Å². The topological polar surface area (TPSA) is 85.5 Å². The number of aromatic nitrogens is 1. The summed E-state index contributed by atoms with van der Waals surface area (Å²) in [6, 6.07) is 9.66. The molecule has 2 aromatic rings. The molecule has 1 saturated heterocycles. The Bertz CT molecular complexity index is 833. The second kappa shape index (κ2) is 9.58. The van der Waals surface area contributed by atoms with Crippen LogP contribution >= 0.6 is 0 Å². The van der Waals surface area contributed by atoms with Crippen LogP contribution in [-0.4, -0.2) is 65.2 Å². The number of piperazine rings is 1. The maximum Gasteiger partial charge on any atom is 0.270 e. The second-order valence-corrected chi connectivity index (χ2v) is 7.98. The van der Waals surface area contributed by atoms with E-state index in [-0.39, 0.29) is 30.6 Å². The van der Waals surface area contributed by atoms with E-state index in [1.54, 1.807) is 9.80 Å². The third-order valence-corrected chi connectivity index (χ3v) is 5.29. The van der Waals surface area contributed by atoms with Crippen molar-refractivity contribution < 1.29 is 14.4 Å². The number of nitrogens with zero attached hydrogens (tertiary/aromatic N) is 2. The van der Waals surface area contributed by atoms with E-state index in [2.05, 4.69) is 24.1 Å². The fourth-order valence-corrected chi connectivity index (χ4v) is 3.49. The third kappa shape index (κ3) is 5.59. The molecule has 3 amide bonds. The highest BCUT2D eigenvalue weighted by Gasteiger charge is 2.25. The largest absolute Gasteiger partial charge is 0.356 e. The highest BCUT2D eigenvalue weighted by atomic mass is 16.2. The first-order valence-corrected chi connectivity index (χ1v) is 10.4. The Morgan fingerprint density at radius 2 is 1.72 bits per heavy atom. The van der Waals surface area contributed by atoms with E-state index in [0.717, 1.165) is 17.3 Å². The zero-order valence-electron chi connectivity index (χ0n) is 17.2. The molecule has 7 nitrogen and oxygen atoms in total. The van der Waals surface area contributed by atoms with Crippen molar-refractivity contribution in [1.82, 2.24) is 20.1 Å². The van der Waals surface area contributed by atoms with E-state index in [1.807, 2.05) is 30.3 Å². The molecule has 3 rings (SSSR count). The molecule has 0 bridgehead atoms. The maximum absolute atomic E-state index is 12.7. The van der Waals surface area contributed by atoms with Gasteiger partial charge in [0.1, 0.15) is 5.69 Å². The van der Waals surface area contributed by atoms with Crippen LogP contribution in [0.15, 0.2) is 30.3 Å². The lowest BCUT2D eigenvalue weighted by atomic mass is 10.1. The van der Waals surface area contributed by atoms with Gasteiger partial charge in [-0.1, -0.05) is 32.0 Å². The molecular weight excluding hydrogens is 368 g/mol. The number of hydrogen-bond donors (Lipinski definition) is 2. The van der Waals surface area contributed by atoms with Gasteiger partial charge in [-0.2, -0.15) is 0 Å². The van der Waals surface area contributed by atoms with Gasteiger partial charge in [0.25, 0.3) is 5.91 Å². The second-order valence-electron chi connectivity index (χ2n) is 7.98. The summed E-state index contributed by atoms with van der Waals surface area (Å²) in [5.41, 5.74) is 1.51. The van der Waals surface area contributed by atoms with Gasteiger partial charge in [0, 0.05) is 56.5 Å². The van der Waals surface area contributed by atoms with Crippen molar-refractivity contribution in [2.24, 2.45) is 5.92 Å². The van der Waals surface area contributed by atoms with Crippen molar-refractivity contribution in [3.63, 3.8) is 0 Å². The van der Waals surface area contributed by atoms with Gasteiger partial charge >= 0.3 is 0 Å². The van der Waals surface area contributed by atoms with Crippen LogP contribution in [-0.2, 0) is 9.59 Å². The molecule has 1 aromatic carbocycles. The van der Waals surface area contributed by atoms with Crippen LogP contribution in [0.3, 0.4) is 0 Å². The van der Waals surface area contributed by atoms with E-state index in [1.165, 1.54) is 0 Å². The van der Waals surface area contributed by atoms with Crippen LogP contribution < -0.4 is 5.32 Å². The minimum absolute atomic E-state index is 0.0262. The molecule has 2 heterocycles. The molecule has 1 aliphatic heterocycles. The predicted octanol–water partition coefficient (Wildman–Crippen LogP) is 2.39. The average molecular weight is 399 g/mol. The first-order valence-electron chi connectivity index (χ1n) is 10.4. The van der Waals surface area contributed by atoms with Crippen LogP contribution in [0.2, 0.25) is 0 Å². The van der Waals surface area contributed by atoms with E-state index in [4.69, 9.17) is 0 Å². The van der Waals surface area contributed by atoms with Crippen LogP contribution in [0, 0.1) is 5.92 Å². The zero-order valence-corrected chi connectivity index (χ0v) is 17.2. The smallest absolute Gasteiger partial charge is 0.270 e. The van der Waals surface area contributed by atoms with Crippen LogP contribution in [0.1, 0.15) is 43.6 Å². The zero-order chi connectivity index (χ0) is 20.8. The molecule has 29 heavy (non-hydrogen) atoms. The Morgan fingerprint density at radius 1 is 1.03 bits per heavy atom. The molecule has 156 valence electrons. The lowest BCUT2D eigenvalue weighted by molar-refractivity contribution is -0.134. The SMILES string of the molecule is CC(C)CCNC(=O)CCC(=O)N1CCN(C(=O)c2cc3ccccc3[nH]2)CC1. The summed E-state index contributed by atoms with van der Waals surface area (Å²) in [5.74, 6) is 0.395. The predicted molar refractivity (Wildman–Crippen MR) is 112 cm³/mol. The Kier molecular flexibility index (Phi) is 6.90. The number of para-hydroxylation sites is 1. The number of rotatable bonds is 7. The van der Waals surface area contributed by atoms with Crippen molar-refractivity contribution in [2.75, 3.05) is 32.7 Å². The molecule has 1 aromatic heterocycles. The number of amides is 3. The van der Waals surface area contributed by atoms with Gasteiger partial charge in [-0.05, 0) is 24.5 Å². The molecule has 0 radical (unpaired) electrons. The Hall–Kier alpha value is -2.83. The van der Waals surface area contributed by atoms with Crippen LogP contribution in [0.25, 0.3) is 10.9 Å². The minimum Gasteiger partial charge on any atom is -0.356 e. The van der Waals surface area contributed by atoms with Crippen molar-refractivity contribution >= 4 is 28.6 Å². The Morgan fingerprint density at radius 3 is 2.41 bits per heavy atom. The summed E-state index contributed by atoms with van der Waals surface area (Å²) in [7, 11) is 0. The van der Waals surface area contributed by atoms with Gasteiger partial charge in [-0.3, -0.25) is 14.4 Å².